The predicted octanol–water partition coefficient (Wildman–Crippen LogP) is 1.95. The first-order chi connectivity index (χ1) is 8.60. The minimum absolute atomic E-state index is 0.457. The van der Waals surface area contributed by atoms with Crippen LogP contribution in [0, 0.1) is 0 Å². The average Bonchev–Trinajstić information content (AvgIpc) is 2.38. The van der Waals surface area contributed by atoms with Crippen LogP contribution in [0.1, 0.15) is 10.4 Å². The minimum atomic E-state index is -0.894. The summed E-state index contributed by atoms with van der Waals surface area (Å²) in [6.45, 7) is 2.12. The van der Waals surface area contributed by atoms with E-state index >= 15 is 0 Å². The third kappa shape index (κ3) is 2.73. The third-order valence-corrected chi connectivity index (χ3v) is 3.17. The molecule has 1 aromatic rings. The fraction of sp³-hybridized carbons (Fsp3) is 0.333. The number of aldehydes is 1. The van der Waals surface area contributed by atoms with Crippen LogP contribution in [0.25, 0.3) is 0 Å². The molecule has 0 aliphatic carbocycles. The van der Waals surface area contributed by atoms with Gasteiger partial charge in [-0.3, -0.25) is 4.79 Å². The molecular weight excluding hydrogens is 256 g/mol. The van der Waals surface area contributed by atoms with Crippen molar-refractivity contribution in [3.8, 4) is 0 Å². The van der Waals surface area contributed by atoms with Crippen LogP contribution in [0.2, 0.25) is 5.02 Å². The molecule has 0 radical (unpaired) electrons. The highest BCUT2D eigenvalue weighted by Gasteiger charge is 2.20. The average molecular weight is 269 g/mol. The van der Waals surface area contributed by atoms with E-state index in [1.165, 1.54) is 4.90 Å². The van der Waals surface area contributed by atoms with Gasteiger partial charge < -0.3 is 14.9 Å². The highest BCUT2D eigenvalue weighted by molar-refractivity contribution is 6.31. The molecule has 0 aromatic heterocycles. The van der Waals surface area contributed by atoms with Crippen LogP contribution in [-0.2, 0) is 0 Å². The van der Waals surface area contributed by atoms with Crippen LogP contribution in [0.15, 0.2) is 18.2 Å². The van der Waals surface area contributed by atoms with E-state index in [4.69, 9.17) is 16.7 Å². The van der Waals surface area contributed by atoms with Crippen molar-refractivity contribution in [2.75, 3.05) is 31.1 Å². The second-order valence-electron chi connectivity index (χ2n) is 4.12. The second-order valence-corrected chi connectivity index (χ2v) is 4.55. The topological polar surface area (TPSA) is 60.9 Å². The van der Waals surface area contributed by atoms with Gasteiger partial charge in [-0.15, -0.1) is 0 Å². The Morgan fingerprint density at radius 3 is 2.44 bits per heavy atom. The fourth-order valence-corrected chi connectivity index (χ4v) is 2.24. The number of halogens is 1. The summed E-state index contributed by atoms with van der Waals surface area (Å²) in [6.07, 6.45) is -0.141. The maximum Gasteiger partial charge on any atom is 0.407 e. The molecule has 0 saturated carbocycles. The van der Waals surface area contributed by atoms with Gasteiger partial charge in [0.05, 0.1) is 0 Å². The molecule has 1 aliphatic heterocycles. The maximum absolute atomic E-state index is 10.8. The lowest BCUT2D eigenvalue weighted by atomic mass is 10.2. The van der Waals surface area contributed by atoms with Crippen molar-refractivity contribution in [3.63, 3.8) is 0 Å². The Kier molecular flexibility index (Phi) is 3.72. The highest BCUT2D eigenvalue weighted by Crippen LogP contribution is 2.23. The minimum Gasteiger partial charge on any atom is -0.465 e. The van der Waals surface area contributed by atoms with Gasteiger partial charge in [-0.2, -0.15) is 0 Å². The van der Waals surface area contributed by atoms with E-state index in [0.29, 0.717) is 36.8 Å². The number of nitrogens with zero attached hydrogens (tertiary/aromatic N) is 2. The van der Waals surface area contributed by atoms with Gasteiger partial charge in [0, 0.05) is 42.5 Å². The second kappa shape index (κ2) is 5.27. The van der Waals surface area contributed by atoms with Gasteiger partial charge in [0.2, 0.25) is 0 Å². The number of benzene rings is 1. The molecule has 1 saturated heterocycles. The first-order valence-electron chi connectivity index (χ1n) is 5.59. The smallest absolute Gasteiger partial charge is 0.407 e. The molecule has 0 unspecified atom stereocenters. The molecular formula is C12H13ClN2O3. The molecule has 18 heavy (non-hydrogen) atoms. The standard InChI is InChI=1S/C12H13ClN2O3/c13-10-5-9(8-16)6-11(7-10)14-1-3-15(4-2-14)12(17)18/h5-8H,1-4H2,(H,17,18). The van der Waals surface area contributed by atoms with Crippen molar-refractivity contribution in [2.45, 2.75) is 0 Å². The van der Waals surface area contributed by atoms with Crippen molar-refractivity contribution in [1.29, 1.82) is 0 Å². The molecule has 1 heterocycles. The van der Waals surface area contributed by atoms with Crippen LogP contribution in [0.5, 0.6) is 0 Å². The number of hydrogen-bond donors (Lipinski definition) is 1. The molecule has 1 amide bonds. The zero-order valence-corrected chi connectivity index (χ0v) is 10.4. The highest BCUT2D eigenvalue weighted by atomic mass is 35.5. The van der Waals surface area contributed by atoms with Crippen molar-refractivity contribution < 1.29 is 14.7 Å². The van der Waals surface area contributed by atoms with Crippen molar-refractivity contribution in [3.05, 3.63) is 28.8 Å². The normalized spacial score (nSPS) is 15.6. The lowest BCUT2D eigenvalue weighted by molar-refractivity contribution is 0.112. The van der Waals surface area contributed by atoms with Crippen LogP contribution < -0.4 is 4.90 Å². The Bertz CT molecular complexity index is 470. The van der Waals surface area contributed by atoms with Gasteiger partial charge in [0.1, 0.15) is 6.29 Å². The van der Waals surface area contributed by atoms with Crippen molar-refractivity contribution in [2.24, 2.45) is 0 Å². The molecule has 1 N–H and O–H groups in total. The Balaban J connectivity index is 2.11. The molecule has 0 bridgehead atoms. The summed E-state index contributed by atoms with van der Waals surface area (Å²) in [6, 6.07) is 5.14. The number of anilines is 1. The van der Waals surface area contributed by atoms with Crippen molar-refractivity contribution in [1.82, 2.24) is 4.90 Å². The van der Waals surface area contributed by atoms with E-state index in [0.717, 1.165) is 12.0 Å². The first kappa shape index (κ1) is 12.7. The van der Waals surface area contributed by atoms with Crippen LogP contribution >= 0.6 is 11.6 Å². The first-order valence-corrected chi connectivity index (χ1v) is 5.96. The van der Waals surface area contributed by atoms with Gasteiger partial charge in [0.15, 0.2) is 0 Å². The molecule has 0 atom stereocenters. The van der Waals surface area contributed by atoms with Gasteiger partial charge in [-0.1, -0.05) is 11.6 Å². The molecule has 1 fully saturated rings. The van der Waals surface area contributed by atoms with Crippen LogP contribution in [-0.4, -0.2) is 48.6 Å². The monoisotopic (exact) mass is 268 g/mol. The fourth-order valence-electron chi connectivity index (χ4n) is 2.00. The summed E-state index contributed by atoms with van der Waals surface area (Å²) < 4.78 is 0. The van der Waals surface area contributed by atoms with Gasteiger partial charge >= 0.3 is 6.09 Å². The number of carbonyl (C=O) groups is 2. The number of hydrogen-bond acceptors (Lipinski definition) is 3. The summed E-state index contributed by atoms with van der Waals surface area (Å²) in [4.78, 5) is 25.0. The van der Waals surface area contributed by atoms with Gasteiger partial charge in [0.25, 0.3) is 0 Å². The zero-order valence-electron chi connectivity index (χ0n) is 9.67. The zero-order chi connectivity index (χ0) is 13.1. The summed E-state index contributed by atoms with van der Waals surface area (Å²) in [5, 5.41) is 9.37. The third-order valence-electron chi connectivity index (χ3n) is 2.96. The Morgan fingerprint density at radius 1 is 1.22 bits per heavy atom. The van der Waals surface area contributed by atoms with E-state index in [1.807, 2.05) is 4.90 Å². The molecule has 96 valence electrons. The number of carboxylic acid groups (broad SMARTS) is 1. The van der Waals surface area contributed by atoms with Gasteiger partial charge in [-0.05, 0) is 18.2 Å². The van der Waals surface area contributed by atoms with E-state index in [1.54, 1.807) is 18.2 Å². The van der Waals surface area contributed by atoms with E-state index in [9.17, 15) is 9.59 Å². The summed E-state index contributed by atoms with van der Waals surface area (Å²) in [5.41, 5.74) is 1.38. The summed E-state index contributed by atoms with van der Waals surface area (Å²) in [7, 11) is 0. The summed E-state index contributed by atoms with van der Waals surface area (Å²) >= 11 is 5.94. The number of carbonyl (C=O) groups excluding carboxylic acids is 1. The molecule has 6 heteroatoms. The molecule has 1 aromatic carbocycles. The lowest BCUT2D eigenvalue weighted by Gasteiger charge is -2.34. The summed E-state index contributed by atoms with van der Waals surface area (Å²) in [5.74, 6) is 0. The SMILES string of the molecule is O=Cc1cc(Cl)cc(N2CCN(C(=O)O)CC2)c1. The van der Waals surface area contributed by atoms with E-state index in [-0.39, 0.29) is 0 Å². The van der Waals surface area contributed by atoms with E-state index < -0.39 is 6.09 Å². The van der Waals surface area contributed by atoms with E-state index in [2.05, 4.69) is 0 Å². The maximum atomic E-state index is 10.8. The Labute approximate surface area is 110 Å². The van der Waals surface area contributed by atoms with Crippen molar-refractivity contribution >= 4 is 29.7 Å². The Hall–Kier alpha value is -1.75. The molecule has 0 spiro atoms. The molecule has 5 nitrogen and oxygen atoms in total. The predicted molar refractivity (Wildman–Crippen MR) is 68.7 cm³/mol. The number of amides is 1. The largest absolute Gasteiger partial charge is 0.465 e. The number of piperazine rings is 1. The molecule has 1 aliphatic rings. The van der Waals surface area contributed by atoms with Crippen LogP contribution in [0.3, 0.4) is 0 Å². The quantitative estimate of drug-likeness (QED) is 0.833. The van der Waals surface area contributed by atoms with Gasteiger partial charge in [-0.25, -0.2) is 4.79 Å². The lowest BCUT2D eigenvalue weighted by Crippen LogP contribution is -2.48. The van der Waals surface area contributed by atoms with Crippen LogP contribution in [0.4, 0.5) is 10.5 Å². The molecule has 2 rings (SSSR count). The Morgan fingerprint density at radius 2 is 1.89 bits per heavy atom. The number of rotatable bonds is 2.